The first-order valence-corrected chi connectivity index (χ1v) is 10.9. The lowest BCUT2D eigenvalue weighted by Gasteiger charge is -2.41. The van der Waals surface area contributed by atoms with Crippen LogP contribution in [0.2, 0.25) is 5.02 Å². The second-order valence-corrected chi connectivity index (χ2v) is 8.73. The van der Waals surface area contributed by atoms with Crippen LogP contribution in [0.25, 0.3) is 11.4 Å². The number of carbonyl (C=O) groups excluding carboxylic acids is 1. The molecule has 2 aromatic rings. The summed E-state index contributed by atoms with van der Waals surface area (Å²) in [5.41, 5.74) is 0.728. The topological polar surface area (TPSA) is 77.0 Å². The van der Waals surface area contributed by atoms with E-state index in [9.17, 15) is 4.79 Å². The molecule has 1 saturated heterocycles. The highest BCUT2D eigenvalue weighted by Gasteiger charge is 2.32. The summed E-state index contributed by atoms with van der Waals surface area (Å²) in [6.45, 7) is 1.78. The summed E-state index contributed by atoms with van der Waals surface area (Å²) < 4.78 is 1.41. The van der Waals surface area contributed by atoms with Gasteiger partial charge in [0.1, 0.15) is 0 Å². The number of nitrogens with two attached hydrogens (primary N) is 1. The average molecular weight is 406 g/mol. The largest absolute Gasteiger partial charge is 0.342 e. The van der Waals surface area contributed by atoms with E-state index in [0.29, 0.717) is 27.7 Å². The summed E-state index contributed by atoms with van der Waals surface area (Å²) in [5.74, 6) is 8.64. The molecular weight excluding hydrogens is 382 g/mol. The number of carbonyl (C=O) groups is 1. The number of hydrogen-bond acceptors (Lipinski definition) is 5. The Labute approximate surface area is 168 Å². The van der Waals surface area contributed by atoms with E-state index in [2.05, 4.69) is 10.2 Å². The number of rotatable bonds is 4. The third-order valence-corrected chi connectivity index (χ3v) is 7.01. The molecule has 2 heterocycles. The van der Waals surface area contributed by atoms with Crippen molar-refractivity contribution < 1.29 is 4.79 Å². The van der Waals surface area contributed by atoms with Gasteiger partial charge >= 0.3 is 0 Å². The number of benzene rings is 1. The molecule has 0 bridgehead atoms. The van der Waals surface area contributed by atoms with E-state index < -0.39 is 0 Å². The lowest BCUT2D eigenvalue weighted by Crippen LogP contribution is -2.45. The molecule has 2 N–H and O–H groups in total. The first-order chi connectivity index (χ1) is 13.1. The molecule has 1 aromatic carbocycles. The van der Waals surface area contributed by atoms with E-state index in [4.69, 9.17) is 17.4 Å². The van der Waals surface area contributed by atoms with Crippen LogP contribution in [-0.2, 0) is 4.79 Å². The molecule has 144 valence electrons. The molecule has 27 heavy (non-hydrogen) atoms. The van der Waals surface area contributed by atoms with Gasteiger partial charge in [0.25, 0.3) is 0 Å². The highest BCUT2D eigenvalue weighted by molar-refractivity contribution is 7.99. The van der Waals surface area contributed by atoms with E-state index in [1.807, 2.05) is 23.1 Å². The number of nitrogen functional groups attached to an aromatic ring is 1. The lowest BCUT2D eigenvalue weighted by atomic mass is 9.75. The van der Waals surface area contributed by atoms with Gasteiger partial charge < -0.3 is 10.7 Å². The number of halogens is 1. The molecular formula is C19H24ClN5OS. The summed E-state index contributed by atoms with van der Waals surface area (Å²) in [5, 5.41) is 9.37. The molecule has 1 aliphatic carbocycles. The standard InChI is InChI=1S/C19H24ClN5OS/c20-16-8-4-3-7-15(16)18-22-23-19(25(18)21)27-12-17(26)24-10-9-13-5-1-2-6-14(13)11-24/h3-4,7-8,13-14H,1-2,5-6,9-12,21H2/t13-,14-/m1/s1. The van der Waals surface area contributed by atoms with Gasteiger partial charge in [-0.05, 0) is 36.8 Å². The van der Waals surface area contributed by atoms with Crippen LogP contribution < -0.4 is 5.84 Å². The van der Waals surface area contributed by atoms with Gasteiger partial charge in [-0.25, -0.2) is 4.68 Å². The van der Waals surface area contributed by atoms with Crippen LogP contribution >= 0.6 is 23.4 Å². The molecule has 1 aromatic heterocycles. The zero-order valence-corrected chi connectivity index (χ0v) is 16.8. The number of likely N-dealkylation sites (tertiary alicyclic amines) is 1. The SMILES string of the molecule is Nn1c(SCC(=O)N2CC[C@H]3CCCC[C@@H]3C2)nnc1-c1ccccc1Cl. The Morgan fingerprint density at radius 1 is 1.19 bits per heavy atom. The van der Waals surface area contributed by atoms with Crippen LogP contribution in [0.1, 0.15) is 32.1 Å². The van der Waals surface area contributed by atoms with Crippen molar-refractivity contribution >= 4 is 29.3 Å². The minimum atomic E-state index is 0.159. The van der Waals surface area contributed by atoms with Crippen LogP contribution in [0, 0.1) is 11.8 Å². The van der Waals surface area contributed by atoms with E-state index >= 15 is 0 Å². The van der Waals surface area contributed by atoms with Crippen LogP contribution in [0.5, 0.6) is 0 Å². The van der Waals surface area contributed by atoms with E-state index in [1.165, 1.54) is 42.1 Å². The Balaban J connectivity index is 1.38. The van der Waals surface area contributed by atoms with Crippen molar-refractivity contribution in [1.82, 2.24) is 19.8 Å². The molecule has 8 heteroatoms. The Morgan fingerprint density at radius 2 is 1.96 bits per heavy atom. The first-order valence-electron chi connectivity index (χ1n) is 9.49. The van der Waals surface area contributed by atoms with Crippen molar-refractivity contribution in [3.63, 3.8) is 0 Å². The van der Waals surface area contributed by atoms with Gasteiger partial charge in [-0.2, -0.15) is 0 Å². The zero-order valence-electron chi connectivity index (χ0n) is 15.2. The maximum Gasteiger partial charge on any atom is 0.233 e. The molecule has 0 radical (unpaired) electrons. The molecule has 0 spiro atoms. The Bertz CT molecular complexity index is 826. The van der Waals surface area contributed by atoms with Crippen LogP contribution in [-0.4, -0.2) is 44.5 Å². The monoisotopic (exact) mass is 405 g/mol. The third kappa shape index (κ3) is 3.94. The Kier molecular flexibility index (Phi) is 5.59. The van der Waals surface area contributed by atoms with Gasteiger partial charge in [0.15, 0.2) is 5.82 Å². The van der Waals surface area contributed by atoms with Gasteiger partial charge in [-0.1, -0.05) is 54.8 Å². The molecule has 2 atom stereocenters. The molecule has 1 saturated carbocycles. The molecule has 2 fully saturated rings. The zero-order chi connectivity index (χ0) is 18.8. The van der Waals surface area contributed by atoms with Crippen molar-refractivity contribution in [2.24, 2.45) is 11.8 Å². The summed E-state index contributed by atoms with van der Waals surface area (Å²) >= 11 is 7.55. The summed E-state index contributed by atoms with van der Waals surface area (Å²) in [6.07, 6.45) is 6.40. The summed E-state index contributed by atoms with van der Waals surface area (Å²) in [4.78, 5) is 14.7. The molecule has 4 rings (SSSR count). The molecule has 2 aliphatic rings. The van der Waals surface area contributed by atoms with Gasteiger partial charge in [0.05, 0.1) is 10.8 Å². The van der Waals surface area contributed by atoms with E-state index in [1.54, 1.807) is 6.07 Å². The normalized spacial score (nSPS) is 22.5. The number of amides is 1. The highest BCUT2D eigenvalue weighted by atomic mass is 35.5. The Morgan fingerprint density at radius 3 is 2.78 bits per heavy atom. The maximum atomic E-state index is 12.7. The predicted octanol–water partition coefficient (Wildman–Crippen LogP) is 3.44. The number of hydrogen-bond donors (Lipinski definition) is 1. The number of nitrogens with zero attached hydrogens (tertiary/aromatic N) is 4. The van der Waals surface area contributed by atoms with E-state index in [-0.39, 0.29) is 5.91 Å². The average Bonchev–Trinajstić information content (AvgIpc) is 3.06. The summed E-state index contributed by atoms with van der Waals surface area (Å²) in [7, 11) is 0. The summed E-state index contributed by atoms with van der Waals surface area (Å²) in [6, 6.07) is 7.37. The maximum absolute atomic E-state index is 12.7. The van der Waals surface area contributed by atoms with Crippen LogP contribution in [0.3, 0.4) is 0 Å². The number of aromatic nitrogens is 3. The van der Waals surface area contributed by atoms with Crippen molar-refractivity contribution in [3.05, 3.63) is 29.3 Å². The van der Waals surface area contributed by atoms with Crippen LogP contribution in [0.4, 0.5) is 0 Å². The fourth-order valence-corrected chi connectivity index (χ4v) is 5.23. The first kappa shape index (κ1) is 18.6. The molecule has 1 amide bonds. The minimum Gasteiger partial charge on any atom is -0.342 e. The minimum absolute atomic E-state index is 0.159. The molecule has 6 nitrogen and oxygen atoms in total. The highest BCUT2D eigenvalue weighted by Crippen LogP contribution is 2.36. The van der Waals surface area contributed by atoms with Gasteiger partial charge in [-0.3, -0.25) is 4.79 Å². The fourth-order valence-electron chi connectivity index (χ4n) is 4.25. The third-order valence-electron chi connectivity index (χ3n) is 5.75. The molecule has 0 unspecified atom stereocenters. The van der Waals surface area contributed by atoms with Crippen molar-refractivity contribution in [3.8, 4) is 11.4 Å². The number of fused-ring (bicyclic) bond motifs is 1. The Hall–Kier alpha value is -1.73. The lowest BCUT2D eigenvalue weighted by molar-refractivity contribution is -0.131. The fraction of sp³-hybridized carbons (Fsp3) is 0.526. The van der Waals surface area contributed by atoms with Gasteiger partial charge in [-0.15, -0.1) is 10.2 Å². The van der Waals surface area contributed by atoms with Crippen molar-refractivity contribution in [1.29, 1.82) is 0 Å². The second-order valence-electron chi connectivity index (χ2n) is 7.38. The van der Waals surface area contributed by atoms with Gasteiger partial charge in [0, 0.05) is 18.7 Å². The number of piperidine rings is 1. The number of thioether (sulfide) groups is 1. The van der Waals surface area contributed by atoms with Crippen molar-refractivity contribution in [2.75, 3.05) is 24.7 Å². The van der Waals surface area contributed by atoms with Crippen molar-refractivity contribution in [2.45, 2.75) is 37.3 Å². The van der Waals surface area contributed by atoms with Gasteiger partial charge in [0.2, 0.25) is 11.1 Å². The molecule has 1 aliphatic heterocycles. The quantitative estimate of drug-likeness (QED) is 0.622. The smallest absolute Gasteiger partial charge is 0.233 e. The van der Waals surface area contributed by atoms with E-state index in [0.717, 1.165) is 31.0 Å². The predicted molar refractivity (Wildman–Crippen MR) is 108 cm³/mol. The van der Waals surface area contributed by atoms with Crippen LogP contribution in [0.15, 0.2) is 29.4 Å². The second kappa shape index (κ2) is 8.10.